The summed E-state index contributed by atoms with van der Waals surface area (Å²) in [5.74, 6) is 0. The third-order valence-corrected chi connectivity index (χ3v) is 1.78. The van der Waals surface area contributed by atoms with Crippen LogP contribution in [0.2, 0.25) is 0 Å². The van der Waals surface area contributed by atoms with E-state index in [4.69, 9.17) is 0 Å². The van der Waals surface area contributed by atoms with Gasteiger partial charge in [0.05, 0.1) is 0 Å². The average Bonchev–Trinajstić information content (AvgIpc) is 2.08. The van der Waals surface area contributed by atoms with E-state index < -0.39 is 0 Å². The van der Waals surface area contributed by atoms with E-state index in [1.54, 1.807) is 5.57 Å². The first-order valence-electron chi connectivity index (χ1n) is 3.53. The zero-order chi connectivity index (χ0) is 6.91. The normalized spacial score (nSPS) is 19.2. The van der Waals surface area contributed by atoms with Crippen LogP contribution in [-0.4, -0.2) is 6.54 Å². The third kappa shape index (κ3) is 1.47. The van der Waals surface area contributed by atoms with Gasteiger partial charge in [-0.15, -0.1) is 0 Å². The van der Waals surface area contributed by atoms with E-state index in [-0.39, 0.29) is 0 Å². The predicted molar refractivity (Wildman–Crippen MR) is 40.2 cm³/mol. The smallest absolute Gasteiger partial charge is 0.0179 e. The predicted octanol–water partition coefficient (Wildman–Crippen LogP) is 1.91. The molecule has 0 spiro atoms. The summed E-state index contributed by atoms with van der Waals surface area (Å²) >= 11 is 0. The van der Waals surface area contributed by atoms with E-state index in [1.165, 1.54) is 6.42 Å². The van der Waals surface area contributed by atoms with E-state index in [0.29, 0.717) is 5.41 Å². The number of nitrogens with one attached hydrogen (secondary N) is 1. The maximum Gasteiger partial charge on any atom is 0.0179 e. The highest BCUT2D eigenvalue weighted by Crippen LogP contribution is 2.28. The van der Waals surface area contributed by atoms with Crippen LogP contribution in [0.3, 0.4) is 0 Å². The van der Waals surface area contributed by atoms with Gasteiger partial charge in [0.15, 0.2) is 0 Å². The molecule has 0 aromatic rings. The summed E-state index contributed by atoms with van der Waals surface area (Å²) in [6.07, 6.45) is 3.38. The highest BCUT2D eigenvalue weighted by Gasteiger charge is 2.18. The van der Waals surface area contributed by atoms with Crippen LogP contribution in [0.1, 0.15) is 27.2 Å². The Hall–Kier alpha value is -0.460. The molecule has 0 aliphatic carbocycles. The topological polar surface area (TPSA) is 12.0 Å². The zero-order valence-electron chi connectivity index (χ0n) is 6.49. The van der Waals surface area contributed by atoms with Crippen LogP contribution in [0.5, 0.6) is 0 Å². The van der Waals surface area contributed by atoms with Crippen molar-refractivity contribution >= 4 is 0 Å². The van der Waals surface area contributed by atoms with E-state index in [9.17, 15) is 0 Å². The van der Waals surface area contributed by atoms with Crippen molar-refractivity contribution in [1.82, 2.24) is 5.32 Å². The molecule has 0 aromatic carbocycles. The van der Waals surface area contributed by atoms with Gasteiger partial charge in [0.1, 0.15) is 0 Å². The molecule has 0 atom stereocenters. The standard InChI is InChI=1S/C8H15N/c1-8(2,3)7-4-5-9-6-7/h6,9H,4-5H2,1-3H3. The van der Waals surface area contributed by atoms with Crippen molar-refractivity contribution in [2.45, 2.75) is 27.2 Å². The van der Waals surface area contributed by atoms with Crippen molar-refractivity contribution < 1.29 is 0 Å². The lowest BCUT2D eigenvalue weighted by Gasteiger charge is -2.18. The summed E-state index contributed by atoms with van der Waals surface area (Å²) in [7, 11) is 0. The Labute approximate surface area is 57.1 Å². The highest BCUT2D eigenvalue weighted by molar-refractivity contribution is 5.14. The molecule has 1 heteroatoms. The molecule has 1 rings (SSSR count). The third-order valence-electron chi connectivity index (χ3n) is 1.78. The molecule has 0 unspecified atom stereocenters. The largest absolute Gasteiger partial charge is 0.391 e. The Morgan fingerprint density at radius 2 is 2.11 bits per heavy atom. The second-order valence-corrected chi connectivity index (χ2v) is 3.62. The Bertz CT molecular complexity index is 128. The summed E-state index contributed by atoms with van der Waals surface area (Å²) in [6.45, 7) is 7.90. The van der Waals surface area contributed by atoms with Crippen LogP contribution >= 0.6 is 0 Å². The van der Waals surface area contributed by atoms with Gasteiger partial charge in [0.25, 0.3) is 0 Å². The number of hydrogen-bond donors (Lipinski definition) is 1. The maximum absolute atomic E-state index is 3.22. The summed E-state index contributed by atoms with van der Waals surface area (Å²) in [5, 5.41) is 3.22. The van der Waals surface area contributed by atoms with Crippen molar-refractivity contribution in [1.29, 1.82) is 0 Å². The quantitative estimate of drug-likeness (QED) is 0.521. The molecule has 0 aromatic heterocycles. The molecule has 0 saturated carbocycles. The Balaban J connectivity index is 2.61. The fourth-order valence-electron chi connectivity index (χ4n) is 1.07. The number of hydrogen-bond acceptors (Lipinski definition) is 1. The average molecular weight is 125 g/mol. The van der Waals surface area contributed by atoms with Crippen LogP contribution < -0.4 is 5.32 Å². The summed E-state index contributed by atoms with van der Waals surface area (Å²) in [6, 6.07) is 0. The van der Waals surface area contributed by atoms with Crippen molar-refractivity contribution in [3.63, 3.8) is 0 Å². The zero-order valence-corrected chi connectivity index (χ0v) is 6.49. The van der Waals surface area contributed by atoms with Crippen LogP contribution in [-0.2, 0) is 0 Å². The lowest BCUT2D eigenvalue weighted by atomic mass is 9.86. The highest BCUT2D eigenvalue weighted by atomic mass is 14.9. The second kappa shape index (κ2) is 2.05. The van der Waals surface area contributed by atoms with Gasteiger partial charge in [0.2, 0.25) is 0 Å². The molecule has 1 aliphatic rings. The maximum atomic E-state index is 3.22. The van der Waals surface area contributed by atoms with Crippen LogP contribution in [0.25, 0.3) is 0 Å². The van der Waals surface area contributed by atoms with Crippen molar-refractivity contribution in [2.75, 3.05) is 6.54 Å². The molecule has 1 heterocycles. The van der Waals surface area contributed by atoms with Gasteiger partial charge >= 0.3 is 0 Å². The molecule has 52 valence electrons. The van der Waals surface area contributed by atoms with Gasteiger partial charge in [-0.1, -0.05) is 20.8 Å². The number of rotatable bonds is 0. The van der Waals surface area contributed by atoms with Crippen LogP contribution in [0.4, 0.5) is 0 Å². The van der Waals surface area contributed by atoms with Crippen molar-refractivity contribution in [3.8, 4) is 0 Å². The SMILES string of the molecule is CC(C)(C)C1=CNCC1. The first kappa shape index (κ1) is 6.66. The molecule has 1 nitrogen and oxygen atoms in total. The summed E-state index contributed by atoms with van der Waals surface area (Å²) < 4.78 is 0. The lowest BCUT2D eigenvalue weighted by molar-refractivity contribution is 0.492. The first-order chi connectivity index (χ1) is 4.11. The van der Waals surface area contributed by atoms with Crippen LogP contribution in [0, 0.1) is 5.41 Å². The van der Waals surface area contributed by atoms with Gasteiger partial charge in [-0.25, -0.2) is 0 Å². The van der Waals surface area contributed by atoms with Gasteiger partial charge in [-0.05, 0) is 23.6 Å². The first-order valence-corrected chi connectivity index (χ1v) is 3.53. The summed E-state index contributed by atoms with van der Waals surface area (Å²) in [4.78, 5) is 0. The fourth-order valence-corrected chi connectivity index (χ4v) is 1.07. The molecular formula is C8H15N. The van der Waals surface area contributed by atoms with E-state index >= 15 is 0 Å². The van der Waals surface area contributed by atoms with Gasteiger partial charge in [-0.3, -0.25) is 0 Å². The van der Waals surface area contributed by atoms with Gasteiger partial charge in [0, 0.05) is 6.54 Å². The molecular weight excluding hydrogens is 110 g/mol. The second-order valence-electron chi connectivity index (χ2n) is 3.62. The summed E-state index contributed by atoms with van der Waals surface area (Å²) in [5.41, 5.74) is 1.92. The molecule has 0 fully saturated rings. The molecule has 9 heavy (non-hydrogen) atoms. The van der Waals surface area contributed by atoms with Crippen molar-refractivity contribution in [2.24, 2.45) is 5.41 Å². The van der Waals surface area contributed by atoms with Gasteiger partial charge in [-0.2, -0.15) is 0 Å². The minimum absolute atomic E-state index is 0.378. The van der Waals surface area contributed by atoms with Gasteiger partial charge < -0.3 is 5.32 Å². The minimum Gasteiger partial charge on any atom is -0.391 e. The van der Waals surface area contributed by atoms with Crippen LogP contribution in [0.15, 0.2) is 11.8 Å². The molecule has 0 bridgehead atoms. The molecule has 1 aliphatic heterocycles. The van der Waals surface area contributed by atoms with E-state index in [2.05, 4.69) is 32.3 Å². The molecule has 0 amide bonds. The fraction of sp³-hybridized carbons (Fsp3) is 0.750. The minimum atomic E-state index is 0.378. The molecule has 0 radical (unpaired) electrons. The van der Waals surface area contributed by atoms with Crippen molar-refractivity contribution in [3.05, 3.63) is 11.8 Å². The molecule has 1 N–H and O–H groups in total. The Kier molecular flexibility index (Phi) is 1.52. The Morgan fingerprint density at radius 1 is 1.44 bits per heavy atom. The van der Waals surface area contributed by atoms with E-state index in [1.807, 2.05) is 0 Å². The molecule has 0 saturated heterocycles. The monoisotopic (exact) mass is 125 g/mol. The van der Waals surface area contributed by atoms with E-state index in [0.717, 1.165) is 6.54 Å². The Morgan fingerprint density at radius 3 is 2.33 bits per heavy atom. The lowest BCUT2D eigenvalue weighted by Crippen LogP contribution is -2.07.